The van der Waals surface area contributed by atoms with Gasteiger partial charge in [-0.3, -0.25) is 4.99 Å². The molecule has 4 aromatic carbocycles. The number of hydrogen-bond donors (Lipinski definition) is 0. The molecular formula is C39H45N. The lowest BCUT2D eigenvalue weighted by molar-refractivity contribution is 0.791. The van der Waals surface area contributed by atoms with Crippen LogP contribution in [0.3, 0.4) is 0 Å². The van der Waals surface area contributed by atoms with Crippen molar-refractivity contribution in [2.75, 3.05) is 0 Å². The normalized spacial score (nSPS) is 12.1. The van der Waals surface area contributed by atoms with Crippen LogP contribution in [-0.2, 0) is 12.8 Å². The molecule has 0 bridgehead atoms. The fourth-order valence-corrected chi connectivity index (χ4v) is 5.42. The van der Waals surface area contributed by atoms with Gasteiger partial charge in [0.2, 0.25) is 0 Å². The van der Waals surface area contributed by atoms with Gasteiger partial charge in [0.05, 0.1) is 5.69 Å². The molecule has 40 heavy (non-hydrogen) atoms. The average Bonchev–Trinajstić information content (AvgIpc) is 2.99. The first-order valence-corrected chi connectivity index (χ1v) is 15.2. The molecule has 0 aliphatic heterocycles. The van der Waals surface area contributed by atoms with E-state index in [0.717, 1.165) is 30.7 Å². The second-order valence-electron chi connectivity index (χ2n) is 10.9. The minimum Gasteiger partial charge on any atom is -0.253 e. The molecule has 0 amide bonds. The molecule has 0 saturated heterocycles. The first-order valence-electron chi connectivity index (χ1n) is 15.2. The number of unbranched alkanes of at least 4 members (excludes halogenated alkanes) is 2. The lowest BCUT2D eigenvalue weighted by atomic mass is 9.93. The maximum absolute atomic E-state index is 5.22. The molecule has 0 unspecified atom stereocenters. The molecule has 206 valence electrons. The number of nitrogens with zero attached hydrogens (tertiary/aromatic N) is 1. The van der Waals surface area contributed by atoms with E-state index in [1.165, 1.54) is 75.8 Å². The van der Waals surface area contributed by atoms with Crippen molar-refractivity contribution in [1.29, 1.82) is 0 Å². The van der Waals surface area contributed by atoms with Gasteiger partial charge in [-0.2, -0.15) is 0 Å². The Hall–Kier alpha value is -3.71. The van der Waals surface area contributed by atoms with Gasteiger partial charge in [0, 0.05) is 5.71 Å². The van der Waals surface area contributed by atoms with Gasteiger partial charge in [-0.05, 0) is 120 Å². The van der Waals surface area contributed by atoms with Crippen molar-refractivity contribution in [2.45, 2.75) is 79.6 Å². The molecule has 0 aliphatic carbocycles. The summed E-state index contributed by atoms with van der Waals surface area (Å²) >= 11 is 0. The Bertz CT molecular complexity index is 1440. The Morgan fingerprint density at radius 1 is 0.700 bits per heavy atom. The monoisotopic (exact) mass is 527 g/mol. The van der Waals surface area contributed by atoms with Gasteiger partial charge in [-0.15, -0.1) is 0 Å². The molecule has 0 N–H and O–H groups in total. The van der Waals surface area contributed by atoms with E-state index in [0.29, 0.717) is 0 Å². The van der Waals surface area contributed by atoms with Crippen LogP contribution < -0.4 is 0 Å². The fourth-order valence-electron chi connectivity index (χ4n) is 5.42. The molecule has 4 rings (SSSR count). The smallest absolute Gasteiger partial charge is 0.0642 e. The molecular weight excluding hydrogens is 482 g/mol. The number of aryl methyl sites for hydroxylation is 2. The quantitative estimate of drug-likeness (QED) is 0.162. The zero-order valence-electron chi connectivity index (χ0n) is 25.1. The minimum absolute atomic E-state index is 0.940. The summed E-state index contributed by atoms with van der Waals surface area (Å²) in [6.07, 6.45) is 10.3. The van der Waals surface area contributed by atoms with Crippen LogP contribution in [0, 0.1) is 6.92 Å². The van der Waals surface area contributed by atoms with E-state index in [1.807, 2.05) is 0 Å². The third kappa shape index (κ3) is 7.69. The second-order valence-corrected chi connectivity index (χ2v) is 10.9. The van der Waals surface area contributed by atoms with Crippen LogP contribution in [-0.4, -0.2) is 5.71 Å². The van der Waals surface area contributed by atoms with E-state index in [9.17, 15) is 0 Å². The Morgan fingerprint density at radius 3 is 2.00 bits per heavy atom. The molecule has 0 atom stereocenters. The fraction of sp³-hybridized carbons (Fsp3) is 0.308. The van der Waals surface area contributed by atoms with Crippen molar-refractivity contribution in [1.82, 2.24) is 0 Å². The largest absolute Gasteiger partial charge is 0.253 e. The highest BCUT2D eigenvalue weighted by Crippen LogP contribution is 2.32. The molecule has 1 nitrogen and oxygen atoms in total. The van der Waals surface area contributed by atoms with Gasteiger partial charge >= 0.3 is 0 Å². The Balaban J connectivity index is 1.75. The van der Waals surface area contributed by atoms with Crippen LogP contribution in [0.4, 0.5) is 5.69 Å². The van der Waals surface area contributed by atoms with Gasteiger partial charge < -0.3 is 0 Å². The number of rotatable bonds is 12. The Kier molecular flexibility index (Phi) is 10.7. The lowest BCUT2D eigenvalue weighted by Gasteiger charge is -2.14. The van der Waals surface area contributed by atoms with Gasteiger partial charge in [0.25, 0.3) is 0 Å². The molecule has 0 heterocycles. The maximum Gasteiger partial charge on any atom is 0.0642 e. The van der Waals surface area contributed by atoms with Gasteiger partial charge in [-0.1, -0.05) is 106 Å². The lowest BCUT2D eigenvalue weighted by Crippen LogP contribution is -1.98. The summed E-state index contributed by atoms with van der Waals surface area (Å²) in [6, 6.07) is 33.1. The molecule has 0 aromatic heterocycles. The van der Waals surface area contributed by atoms with Crippen LogP contribution in [0.15, 0.2) is 102 Å². The van der Waals surface area contributed by atoms with E-state index in [4.69, 9.17) is 4.99 Å². The highest BCUT2D eigenvalue weighted by molar-refractivity contribution is 6.03. The van der Waals surface area contributed by atoms with E-state index < -0.39 is 0 Å². The minimum atomic E-state index is 0.940. The van der Waals surface area contributed by atoms with Crippen molar-refractivity contribution in [3.8, 4) is 22.3 Å². The predicted octanol–water partition coefficient (Wildman–Crippen LogP) is 11.6. The summed E-state index contributed by atoms with van der Waals surface area (Å²) < 4.78 is 0. The first-order chi connectivity index (χ1) is 19.5. The topological polar surface area (TPSA) is 12.4 Å². The number of aliphatic imine (C=N–C) groups is 1. The third-order valence-corrected chi connectivity index (χ3v) is 7.81. The summed E-state index contributed by atoms with van der Waals surface area (Å²) in [4.78, 5) is 5.22. The molecule has 0 saturated carbocycles. The summed E-state index contributed by atoms with van der Waals surface area (Å²) in [5.74, 6) is 0. The molecule has 4 aromatic rings. The van der Waals surface area contributed by atoms with E-state index in [2.05, 4.69) is 132 Å². The third-order valence-electron chi connectivity index (χ3n) is 7.81. The van der Waals surface area contributed by atoms with Crippen LogP contribution in [0.1, 0.15) is 82.1 Å². The summed E-state index contributed by atoms with van der Waals surface area (Å²) in [5.41, 5.74) is 14.0. The van der Waals surface area contributed by atoms with Crippen LogP contribution in [0.25, 0.3) is 28.3 Å². The van der Waals surface area contributed by atoms with Crippen molar-refractivity contribution in [3.63, 3.8) is 0 Å². The number of hydrogen-bond acceptors (Lipinski definition) is 1. The summed E-state index contributed by atoms with van der Waals surface area (Å²) in [7, 11) is 0. The molecule has 0 fully saturated rings. The number of allylic oxidation sites excluding steroid dienone is 1. The van der Waals surface area contributed by atoms with Crippen LogP contribution in [0.5, 0.6) is 0 Å². The van der Waals surface area contributed by atoms with Gasteiger partial charge in [0.1, 0.15) is 0 Å². The summed E-state index contributed by atoms with van der Waals surface area (Å²) in [6.45, 7) is 11.2. The van der Waals surface area contributed by atoms with Crippen molar-refractivity contribution in [2.24, 2.45) is 4.99 Å². The second kappa shape index (κ2) is 14.6. The SMILES string of the molecule is CCCCc1cc(C=C(CC)C(C)=Nc2cc(CCCC)c(C)c(-c3ccccc3)c2)cc(-c2ccccc2)c1. The van der Waals surface area contributed by atoms with Crippen molar-refractivity contribution < 1.29 is 0 Å². The van der Waals surface area contributed by atoms with Crippen LogP contribution >= 0.6 is 0 Å². The molecule has 0 spiro atoms. The Morgan fingerprint density at radius 2 is 1.35 bits per heavy atom. The Labute approximate surface area is 242 Å². The maximum atomic E-state index is 5.22. The molecule has 1 heteroatoms. The first kappa shape index (κ1) is 29.3. The molecule has 0 aliphatic rings. The highest BCUT2D eigenvalue weighted by Gasteiger charge is 2.11. The zero-order chi connectivity index (χ0) is 28.3. The summed E-state index contributed by atoms with van der Waals surface area (Å²) in [5, 5.41) is 0. The average molecular weight is 528 g/mol. The van der Waals surface area contributed by atoms with Crippen molar-refractivity contribution in [3.05, 3.63) is 119 Å². The number of benzene rings is 4. The zero-order valence-corrected chi connectivity index (χ0v) is 25.1. The van der Waals surface area contributed by atoms with Gasteiger partial charge in [0.15, 0.2) is 0 Å². The molecule has 0 radical (unpaired) electrons. The van der Waals surface area contributed by atoms with E-state index in [-0.39, 0.29) is 0 Å². The highest BCUT2D eigenvalue weighted by atomic mass is 14.7. The van der Waals surface area contributed by atoms with E-state index in [1.54, 1.807) is 0 Å². The standard InChI is InChI=1S/C39H45N/c1-6-9-17-31-23-32(26-37(24-31)34-19-13-11-14-20-34)25-33(8-3)30(5)40-38-27-36(18-10-7-2)29(4)39(28-38)35-21-15-12-16-22-35/h11-16,19-28H,6-10,17-18H2,1-5H3. The van der Waals surface area contributed by atoms with Gasteiger partial charge in [-0.25, -0.2) is 0 Å². The predicted molar refractivity (Wildman–Crippen MR) is 177 cm³/mol. The van der Waals surface area contributed by atoms with Crippen molar-refractivity contribution >= 4 is 17.5 Å². The van der Waals surface area contributed by atoms with Crippen LogP contribution in [0.2, 0.25) is 0 Å². The van der Waals surface area contributed by atoms with E-state index >= 15 is 0 Å².